The lowest BCUT2D eigenvalue weighted by Gasteiger charge is -2.23. The van der Waals surface area contributed by atoms with Gasteiger partial charge in [0.1, 0.15) is 0 Å². The highest BCUT2D eigenvalue weighted by atomic mass is 16.4. The average Bonchev–Trinajstić information content (AvgIpc) is 2.67. The minimum absolute atomic E-state index is 0.0439. The molecule has 0 atom stereocenters. The molecule has 0 spiro atoms. The summed E-state index contributed by atoms with van der Waals surface area (Å²) in [5.41, 5.74) is 5.54. The first-order valence-electron chi connectivity index (χ1n) is 11.2. The minimum atomic E-state index is -1.12. The Hall–Kier alpha value is -3.14. The van der Waals surface area contributed by atoms with Crippen molar-refractivity contribution in [3.63, 3.8) is 0 Å². The van der Waals surface area contributed by atoms with Crippen molar-refractivity contribution in [1.29, 1.82) is 0 Å². The van der Waals surface area contributed by atoms with Crippen LogP contribution >= 0.6 is 0 Å². The maximum absolute atomic E-state index is 12.1. The fourth-order valence-corrected chi connectivity index (χ4v) is 3.85. The summed E-state index contributed by atoms with van der Waals surface area (Å²) in [7, 11) is 0. The molecule has 0 aliphatic rings. The SMILES string of the molecule is Cc1ccc(C=C(CC(=Cc2ccc(C)cc2C(C)(C)C)C(=O)O)C(=O)O)c(C(C)(C)C)c1. The summed E-state index contributed by atoms with van der Waals surface area (Å²) < 4.78 is 0. The first-order chi connectivity index (χ1) is 15.1. The largest absolute Gasteiger partial charge is 0.478 e. The van der Waals surface area contributed by atoms with Gasteiger partial charge in [-0.25, -0.2) is 9.59 Å². The second kappa shape index (κ2) is 9.78. The van der Waals surface area contributed by atoms with E-state index in [-0.39, 0.29) is 28.4 Å². The molecule has 0 saturated heterocycles. The second-order valence-electron chi connectivity index (χ2n) is 10.8. The number of hydrogen-bond donors (Lipinski definition) is 2. The number of aliphatic carboxylic acids is 2. The highest BCUT2D eigenvalue weighted by molar-refractivity contribution is 5.99. The molecule has 0 unspecified atom stereocenters. The molecule has 0 heterocycles. The third-order valence-electron chi connectivity index (χ3n) is 5.62. The van der Waals surface area contributed by atoms with Crippen molar-refractivity contribution in [1.82, 2.24) is 0 Å². The fourth-order valence-electron chi connectivity index (χ4n) is 3.85. The predicted octanol–water partition coefficient (Wildman–Crippen LogP) is 6.92. The molecule has 0 amide bonds. The second-order valence-corrected chi connectivity index (χ2v) is 10.8. The van der Waals surface area contributed by atoms with E-state index in [9.17, 15) is 19.8 Å². The number of hydrogen-bond acceptors (Lipinski definition) is 2. The van der Waals surface area contributed by atoms with Crippen LogP contribution in [0.1, 0.15) is 81.3 Å². The van der Waals surface area contributed by atoms with Crippen LogP contribution in [0, 0.1) is 13.8 Å². The van der Waals surface area contributed by atoms with Crippen molar-refractivity contribution < 1.29 is 19.8 Å². The van der Waals surface area contributed by atoms with Gasteiger partial charge in [-0.15, -0.1) is 0 Å². The molecule has 0 aromatic heterocycles. The molecule has 0 fully saturated rings. The van der Waals surface area contributed by atoms with Crippen LogP contribution in [0.3, 0.4) is 0 Å². The van der Waals surface area contributed by atoms with Gasteiger partial charge in [-0.05, 0) is 59.1 Å². The highest BCUT2D eigenvalue weighted by Crippen LogP contribution is 2.31. The standard InChI is InChI=1S/C29H36O4/c1-18-9-11-20(24(13-18)28(3,4)5)15-22(26(30)31)17-23(27(32)33)16-21-12-10-19(2)14-25(21)29(6,7)8/h9-16H,17H2,1-8H3,(H,30,31)(H,32,33). The molecule has 176 valence electrons. The fraction of sp³-hybridized carbons (Fsp3) is 0.379. The number of carbonyl (C=O) groups is 2. The Morgan fingerprint density at radius 1 is 0.697 bits per heavy atom. The molecule has 33 heavy (non-hydrogen) atoms. The molecule has 2 N–H and O–H groups in total. The first-order valence-corrected chi connectivity index (χ1v) is 11.2. The quantitative estimate of drug-likeness (QED) is 0.470. The summed E-state index contributed by atoms with van der Waals surface area (Å²) in [5.74, 6) is -2.25. The molecular weight excluding hydrogens is 412 g/mol. The topological polar surface area (TPSA) is 74.6 Å². The Kier molecular flexibility index (Phi) is 7.74. The number of benzene rings is 2. The van der Waals surface area contributed by atoms with Gasteiger partial charge in [-0.3, -0.25) is 0 Å². The van der Waals surface area contributed by atoms with Gasteiger partial charge in [0.25, 0.3) is 0 Å². The van der Waals surface area contributed by atoms with E-state index in [1.165, 1.54) is 0 Å². The summed E-state index contributed by atoms with van der Waals surface area (Å²) in [6.45, 7) is 16.5. The van der Waals surface area contributed by atoms with Crippen LogP contribution in [-0.4, -0.2) is 22.2 Å². The van der Waals surface area contributed by atoms with Gasteiger partial charge in [-0.1, -0.05) is 89.1 Å². The first kappa shape index (κ1) is 26.1. The number of rotatable bonds is 6. The maximum atomic E-state index is 12.1. The number of aryl methyl sites for hydroxylation is 2. The summed E-state index contributed by atoms with van der Waals surface area (Å²) in [4.78, 5) is 24.2. The van der Waals surface area contributed by atoms with Crippen LogP contribution in [0.5, 0.6) is 0 Å². The Morgan fingerprint density at radius 2 is 1.03 bits per heavy atom. The van der Waals surface area contributed by atoms with Gasteiger partial charge >= 0.3 is 11.9 Å². The van der Waals surface area contributed by atoms with Crippen LogP contribution in [0.4, 0.5) is 0 Å². The predicted molar refractivity (Wildman–Crippen MR) is 136 cm³/mol. The van der Waals surface area contributed by atoms with Crippen LogP contribution < -0.4 is 0 Å². The summed E-state index contributed by atoms with van der Waals surface area (Å²) in [6, 6.07) is 11.8. The smallest absolute Gasteiger partial charge is 0.331 e. The molecule has 0 saturated carbocycles. The van der Waals surface area contributed by atoms with Crippen molar-refractivity contribution in [2.24, 2.45) is 0 Å². The van der Waals surface area contributed by atoms with Gasteiger partial charge < -0.3 is 10.2 Å². The zero-order valence-electron chi connectivity index (χ0n) is 21.0. The van der Waals surface area contributed by atoms with Gasteiger partial charge in [0, 0.05) is 17.6 Å². The summed E-state index contributed by atoms with van der Waals surface area (Å²) in [5, 5.41) is 19.8. The Labute approximate surface area is 197 Å². The number of carboxylic acid groups (broad SMARTS) is 2. The third kappa shape index (κ3) is 6.92. The zero-order chi connectivity index (χ0) is 25.1. The summed E-state index contributed by atoms with van der Waals surface area (Å²) >= 11 is 0. The molecular formula is C29H36O4. The molecule has 2 aromatic rings. The highest BCUT2D eigenvalue weighted by Gasteiger charge is 2.22. The van der Waals surface area contributed by atoms with E-state index in [0.29, 0.717) is 0 Å². The van der Waals surface area contributed by atoms with Crippen molar-refractivity contribution in [2.45, 2.75) is 72.6 Å². The minimum Gasteiger partial charge on any atom is -0.478 e. The normalized spacial score (nSPS) is 13.2. The molecule has 2 aromatic carbocycles. The molecule has 0 bridgehead atoms. The van der Waals surface area contributed by atoms with Crippen molar-refractivity contribution in [3.8, 4) is 0 Å². The molecule has 4 heteroatoms. The molecule has 4 nitrogen and oxygen atoms in total. The molecule has 2 rings (SSSR count). The van der Waals surface area contributed by atoms with Crippen LogP contribution in [-0.2, 0) is 20.4 Å². The molecule has 0 radical (unpaired) electrons. The van der Waals surface area contributed by atoms with E-state index in [0.717, 1.165) is 33.4 Å². The van der Waals surface area contributed by atoms with E-state index < -0.39 is 11.9 Å². The Bertz CT molecular complexity index is 1030. The average molecular weight is 449 g/mol. The van der Waals surface area contributed by atoms with Gasteiger partial charge in [0.15, 0.2) is 0 Å². The van der Waals surface area contributed by atoms with E-state index in [4.69, 9.17) is 0 Å². The van der Waals surface area contributed by atoms with Crippen molar-refractivity contribution in [2.75, 3.05) is 0 Å². The van der Waals surface area contributed by atoms with Crippen LogP contribution in [0.15, 0.2) is 47.5 Å². The van der Waals surface area contributed by atoms with Crippen molar-refractivity contribution >= 4 is 24.1 Å². The van der Waals surface area contributed by atoms with E-state index in [1.807, 2.05) is 38.1 Å². The van der Waals surface area contributed by atoms with E-state index in [2.05, 4.69) is 53.7 Å². The lowest BCUT2D eigenvalue weighted by Crippen LogP contribution is -2.15. The lowest BCUT2D eigenvalue weighted by molar-refractivity contribution is -0.132. The molecule has 0 aliphatic carbocycles. The van der Waals surface area contributed by atoms with Gasteiger partial charge in [0.05, 0.1) is 0 Å². The monoisotopic (exact) mass is 448 g/mol. The lowest BCUT2D eigenvalue weighted by atomic mass is 9.81. The Balaban J connectivity index is 2.61. The van der Waals surface area contributed by atoms with Gasteiger partial charge in [-0.2, -0.15) is 0 Å². The molecule has 0 aliphatic heterocycles. The third-order valence-corrected chi connectivity index (χ3v) is 5.62. The summed E-state index contributed by atoms with van der Waals surface area (Å²) in [6.07, 6.45) is 3.04. The van der Waals surface area contributed by atoms with Crippen LogP contribution in [0.2, 0.25) is 0 Å². The van der Waals surface area contributed by atoms with Crippen LogP contribution in [0.25, 0.3) is 12.2 Å². The van der Waals surface area contributed by atoms with Gasteiger partial charge in [0.2, 0.25) is 0 Å². The Morgan fingerprint density at radius 3 is 1.30 bits per heavy atom. The van der Waals surface area contributed by atoms with E-state index >= 15 is 0 Å². The number of carboxylic acids is 2. The van der Waals surface area contributed by atoms with Crippen molar-refractivity contribution in [3.05, 3.63) is 80.9 Å². The maximum Gasteiger partial charge on any atom is 0.331 e. The van der Waals surface area contributed by atoms with E-state index in [1.54, 1.807) is 12.2 Å². The zero-order valence-corrected chi connectivity index (χ0v) is 21.0.